The SMILES string of the molecule is Cc1nc(N2CCC3(CCCC3)CC2)cc(=O)n1-c1cccc(Cl)c1Cl. The third-order valence-corrected chi connectivity index (χ3v) is 6.87. The number of benzene rings is 1. The molecule has 4 rings (SSSR count). The number of hydrogen-bond acceptors (Lipinski definition) is 3. The summed E-state index contributed by atoms with van der Waals surface area (Å²) in [6.07, 6.45) is 7.87. The first kappa shape index (κ1) is 17.9. The molecular weight excluding hydrogens is 369 g/mol. The van der Waals surface area contributed by atoms with Crippen LogP contribution in [-0.4, -0.2) is 22.6 Å². The quantitative estimate of drug-likeness (QED) is 0.721. The topological polar surface area (TPSA) is 38.1 Å². The van der Waals surface area contributed by atoms with Gasteiger partial charge in [0, 0.05) is 19.2 Å². The van der Waals surface area contributed by atoms with Crippen molar-refractivity contribution in [3.8, 4) is 5.69 Å². The lowest BCUT2D eigenvalue weighted by Gasteiger charge is -2.40. The number of rotatable bonds is 2. The Morgan fingerprint density at radius 2 is 1.77 bits per heavy atom. The van der Waals surface area contributed by atoms with E-state index in [0.717, 1.165) is 18.9 Å². The number of anilines is 1. The van der Waals surface area contributed by atoms with Crippen molar-refractivity contribution in [1.29, 1.82) is 0 Å². The van der Waals surface area contributed by atoms with Gasteiger partial charge in [-0.15, -0.1) is 0 Å². The van der Waals surface area contributed by atoms with Crippen molar-refractivity contribution in [2.45, 2.75) is 45.4 Å². The maximum absolute atomic E-state index is 12.8. The van der Waals surface area contributed by atoms with Crippen molar-refractivity contribution in [3.05, 3.63) is 50.5 Å². The molecule has 1 aliphatic heterocycles. The number of aryl methyl sites for hydroxylation is 1. The minimum absolute atomic E-state index is 0.127. The van der Waals surface area contributed by atoms with E-state index in [2.05, 4.69) is 4.90 Å². The van der Waals surface area contributed by atoms with Gasteiger partial charge in [0.25, 0.3) is 5.56 Å². The van der Waals surface area contributed by atoms with Crippen LogP contribution in [-0.2, 0) is 0 Å². The van der Waals surface area contributed by atoms with Gasteiger partial charge in [-0.2, -0.15) is 0 Å². The van der Waals surface area contributed by atoms with Crippen molar-refractivity contribution >= 4 is 29.0 Å². The molecule has 1 saturated heterocycles. The van der Waals surface area contributed by atoms with Gasteiger partial charge in [-0.25, -0.2) is 4.98 Å². The molecule has 1 aliphatic carbocycles. The van der Waals surface area contributed by atoms with Gasteiger partial charge < -0.3 is 4.90 Å². The number of piperidine rings is 1. The van der Waals surface area contributed by atoms with E-state index in [1.807, 2.05) is 6.92 Å². The van der Waals surface area contributed by atoms with E-state index < -0.39 is 0 Å². The minimum atomic E-state index is -0.127. The predicted molar refractivity (Wildman–Crippen MR) is 107 cm³/mol. The third-order valence-electron chi connectivity index (χ3n) is 6.06. The summed E-state index contributed by atoms with van der Waals surface area (Å²) < 4.78 is 1.53. The lowest BCUT2D eigenvalue weighted by Crippen LogP contribution is -2.40. The van der Waals surface area contributed by atoms with Gasteiger partial charge in [-0.05, 0) is 50.2 Å². The maximum atomic E-state index is 12.8. The second-order valence-corrected chi connectivity index (χ2v) is 8.39. The van der Waals surface area contributed by atoms with Crippen LogP contribution in [0.3, 0.4) is 0 Å². The summed E-state index contributed by atoms with van der Waals surface area (Å²) in [7, 11) is 0. The highest BCUT2D eigenvalue weighted by atomic mass is 35.5. The van der Waals surface area contributed by atoms with Crippen LogP contribution in [0.25, 0.3) is 5.69 Å². The monoisotopic (exact) mass is 391 g/mol. The molecule has 0 amide bonds. The van der Waals surface area contributed by atoms with Crippen LogP contribution in [0, 0.1) is 12.3 Å². The first-order valence-electron chi connectivity index (χ1n) is 9.29. The summed E-state index contributed by atoms with van der Waals surface area (Å²) in [6.45, 7) is 3.80. The molecule has 1 aromatic heterocycles. The highest BCUT2D eigenvalue weighted by Gasteiger charge is 2.37. The zero-order chi connectivity index (χ0) is 18.3. The van der Waals surface area contributed by atoms with Crippen LogP contribution in [0.1, 0.15) is 44.3 Å². The van der Waals surface area contributed by atoms with Crippen molar-refractivity contribution in [2.24, 2.45) is 5.41 Å². The predicted octanol–water partition coefficient (Wildman–Crippen LogP) is 5.01. The molecule has 0 atom stereocenters. The molecule has 26 heavy (non-hydrogen) atoms. The molecule has 1 saturated carbocycles. The minimum Gasteiger partial charge on any atom is -0.356 e. The molecule has 1 aromatic carbocycles. The summed E-state index contributed by atoms with van der Waals surface area (Å²) in [6, 6.07) is 6.91. The second kappa shape index (κ2) is 6.90. The molecule has 0 N–H and O–H groups in total. The highest BCUT2D eigenvalue weighted by molar-refractivity contribution is 6.43. The Bertz CT molecular complexity index is 877. The Morgan fingerprint density at radius 1 is 1.08 bits per heavy atom. The summed E-state index contributed by atoms with van der Waals surface area (Å²) in [5.41, 5.74) is 0.997. The van der Waals surface area contributed by atoms with E-state index in [0.29, 0.717) is 27.0 Å². The van der Waals surface area contributed by atoms with E-state index in [4.69, 9.17) is 28.2 Å². The van der Waals surface area contributed by atoms with Gasteiger partial charge in [-0.1, -0.05) is 42.1 Å². The normalized spacial score (nSPS) is 19.3. The Morgan fingerprint density at radius 3 is 2.42 bits per heavy atom. The van der Waals surface area contributed by atoms with Crippen LogP contribution in [0.15, 0.2) is 29.1 Å². The summed E-state index contributed by atoms with van der Waals surface area (Å²) >= 11 is 12.4. The van der Waals surface area contributed by atoms with E-state index in [1.54, 1.807) is 24.3 Å². The lowest BCUT2D eigenvalue weighted by molar-refractivity contribution is 0.226. The average Bonchev–Trinajstić information content (AvgIpc) is 3.06. The van der Waals surface area contributed by atoms with E-state index in [-0.39, 0.29) is 5.56 Å². The molecule has 2 aliphatic rings. The number of hydrogen-bond donors (Lipinski definition) is 0. The first-order valence-corrected chi connectivity index (χ1v) is 10.0. The van der Waals surface area contributed by atoms with Crippen LogP contribution < -0.4 is 10.5 Å². The van der Waals surface area contributed by atoms with Crippen molar-refractivity contribution < 1.29 is 0 Å². The highest BCUT2D eigenvalue weighted by Crippen LogP contribution is 2.46. The third kappa shape index (κ3) is 3.14. The Labute approximate surface area is 163 Å². The van der Waals surface area contributed by atoms with Gasteiger partial charge in [0.2, 0.25) is 0 Å². The van der Waals surface area contributed by atoms with Gasteiger partial charge in [-0.3, -0.25) is 9.36 Å². The van der Waals surface area contributed by atoms with E-state index in [9.17, 15) is 4.79 Å². The maximum Gasteiger partial charge on any atom is 0.260 e. The van der Waals surface area contributed by atoms with Gasteiger partial charge in [0.05, 0.1) is 15.7 Å². The van der Waals surface area contributed by atoms with Crippen molar-refractivity contribution in [2.75, 3.05) is 18.0 Å². The fourth-order valence-electron chi connectivity index (χ4n) is 4.54. The molecule has 0 unspecified atom stereocenters. The van der Waals surface area contributed by atoms with Crippen molar-refractivity contribution in [3.63, 3.8) is 0 Å². The fourth-order valence-corrected chi connectivity index (χ4v) is 4.92. The Kier molecular flexibility index (Phi) is 4.74. The van der Waals surface area contributed by atoms with Crippen LogP contribution in [0.4, 0.5) is 5.82 Å². The standard InChI is InChI=1S/C20H23Cl2N3O/c1-14-23-17(24-11-9-20(10-12-24)7-2-3-8-20)13-18(26)25(14)16-6-4-5-15(21)19(16)22/h4-6,13H,2-3,7-12H2,1H3. The zero-order valence-electron chi connectivity index (χ0n) is 15.0. The second-order valence-electron chi connectivity index (χ2n) is 7.60. The molecule has 2 fully saturated rings. The van der Waals surface area contributed by atoms with Crippen LogP contribution in [0.2, 0.25) is 10.0 Å². The van der Waals surface area contributed by atoms with Crippen LogP contribution >= 0.6 is 23.2 Å². The largest absolute Gasteiger partial charge is 0.356 e. The Balaban J connectivity index is 1.62. The molecule has 0 radical (unpaired) electrons. The van der Waals surface area contributed by atoms with Crippen LogP contribution in [0.5, 0.6) is 0 Å². The molecule has 0 bridgehead atoms. The first-order chi connectivity index (χ1) is 12.5. The van der Waals surface area contributed by atoms with E-state index in [1.165, 1.54) is 43.1 Å². The zero-order valence-corrected chi connectivity index (χ0v) is 16.5. The van der Waals surface area contributed by atoms with Gasteiger partial charge in [0.1, 0.15) is 11.6 Å². The average molecular weight is 392 g/mol. The molecule has 2 aromatic rings. The van der Waals surface area contributed by atoms with Crippen molar-refractivity contribution in [1.82, 2.24) is 9.55 Å². The van der Waals surface area contributed by atoms with Gasteiger partial charge >= 0.3 is 0 Å². The summed E-state index contributed by atoms with van der Waals surface area (Å²) in [5, 5.41) is 0.799. The number of aromatic nitrogens is 2. The molecule has 1 spiro atoms. The molecule has 6 heteroatoms. The molecule has 138 valence electrons. The number of halogens is 2. The fraction of sp³-hybridized carbons (Fsp3) is 0.500. The van der Waals surface area contributed by atoms with Gasteiger partial charge in [0.15, 0.2) is 0 Å². The number of nitrogens with zero attached hydrogens (tertiary/aromatic N) is 3. The molecular formula is C20H23Cl2N3O. The molecule has 4 nitrogen and oxygen atoms in total. The smallest absolute Gasteiger partial charge is 0.260 e. The molecule has 2 heterocycles. The summed E-state index contributed by atoms with van der Waals surface area (Å²) in [5.74, 6) is 1.40. The summed E-state index contributed by atoms with van der Waals surface area (Å²) in [4.78, 5) is 19.8. The van der Waals surface area contributed by atoms with E-state index >= 15 is 0 Å². The lowest BCUT2D eigenvalue weighted by atomic mass is 9.77. The Hall–Kier alpha value is -1.52.